The number of nitrogens with zero attached hydrogens (tertiary/aromatic N) is 2. The van der Waals surface area contributed by atoms with Crippen LogP contribution < -0.4 is 0 Å². The summed E-state index contributed by atoms with van der Waals surface area (Å²) in [6, 6.07) is 0. The van der Waals surface area contributed by atoms with Gasteiger partial charge in [-0.25, -0.2) is 4.98 Å². The first-order valence-corrected chi connectivity index (χ1v) is 8.82. The summed E-state index contributed by atoms with van der Waals surface area (Å²) < 4.78 is 2.23. The molecule has 0 N–H and O–H groups in total. The highest BCUT2D eigenvalue weighted by molar-refractivity contribution is 4.74. The molecule has 1 aromatic heterocycles. The van der Waals surface area contributed by atoms with Gasteiger partial charge >= 0.3 is 0 Å². The highest BCUT2D eigenvalue weighted by atomic mass is 15.0. The van der Waals surface area contributed by atoms with Gasteiger partial charge in [-0.15, -0.1) is 0 Å². The molecule has 2 nitrogen and oxygen atoms in total. The predicted octanol–water partition coefficient (Wildman–Crippen LogP) is 5.83. The Labute approximate surface area is 126 Å². The fourth-order valence-corrected chi connectivity index (χ4v) is 2.90. The second kappa shape index (κ2) is 12.0. The number of aromatic nitrogens is 2. The highest BCUT2D eigenvalue weighted by Gasteiger charge is 2.08. The van der Waals surface area contributed by atoms with E-state index < -0.39 is 0 Å². The molecule has 0 radical (unpaired) electrons. The van der Waals surface area contributed by atoms with Crippen molar-refractivity contribution in [1.29, 1.82) is 0 Å². The fraction of sp³-hybridized carbons (Fsp3) is 0.833. The van der Waals surface area contributed by atoms with Gasteiger partial charge in [0.1, 0.15) is 0 Å². The van der Waals surface area contributed by atoms with Crippen molar-refractivity contribution < 1.29 is 0 Å². The van der Waals surface area contributed by atoms with Crippen molar-refractivity contribution in [3.63, 3.8) is 0 Å². The Hall–Kier alpha value is -0.790. The van der Waals surface area contributed by atoms with Gasteiger partial charge in [-0.3, -0.25) is 0 Å². The zero-order valence-electron chi connectivity index (χ0n) is 13.7. The third-order valence-electron chi connectivity index (χ3n) is 4.29. The van der Waals surface area contributed by atoms with E-state index in [1.165, 1.54) is 70.6 Å². The summed E-state index contributed by atoms with van der Waals surface area (Å²) in [6.07, 6.45) is 21.3. The average molecular weight is 278 g/mol. The maximum Gasteiger partial charge on any atom is 0.0945 e. The lowest BCUT2D eigenvalue weighted by Crippen LogP contribution is -2.06. The van der Waals surface area contributed by atoms with Crippen LogP contribution in [0.15, 0.2) is 18.7 Å². The fourth-order valence-electron chi connectivity index (χ4n) is 2.90. The van der Waals surface area contributed by atoms with Crippen LogP contribution in [-0.2, 0) is 6.54 Å². The molecule has 0 aromatic carbocycles. The maximum absolute atomic E-state index is 4.14. The number of rotatable bonds is 13. The number of imidazole rings is 1. The SMILES string of the molecule is CCCCCCC(CCCCCC)CCn1ccnc1. The van der Waals surface area contributed by atoms with Crippen molar-refractivity contribution in [3.05, 3.63) is 18.7 Å². The molecule has 1 heterocycles. The molecule has 1 rings (SSSR count). The number of aryl methyl sites for hydroxylation is 1. The Bertz CT molecular complexity index is 280. The van der Waals surface area contributed by atoms with Crippen LogP contribution in [0, 0.1) is 5.92 Å². The summed E-state index contributed by atoms with van der Waals surface area (Å²) in [4.78, 5) is 4.14. The van der Waals surface area contributed by atoms with Gasteiger partial charge in [0.2, 0.25) is 0 Å². The van der Waals surface area contributed by atoms with Crippen LogP contribution in [0.4, 0.5) is 0 Å². The highest BCUT2D eigenvalue weighted by Crippen LogP contribution is 2.22. The van der Waals surface area contributed by atoms with E-state index >= 15 is 0 Å². The third-order valence-corrected chi connectivity index (χ3v) is 4.29. The first-order valence-electron chi connectivity index (χ1n) is 8.82. The zero-order valence-corrected chi connectivity index (χ0v) is 13.7. The summed E-state index contributed by atoms with van der Waals surface area (Å²) in [5.41, 5.74) is 0. The second-order valence-electron chi connectivity index (χ2n) is 6.15. The van der Waals surface area contributed by atoms with Crippen LogP contribution in [0.1, 0.15) is 84.5 Å². The molecular formula is C18H34N2. The Kier molecular flexibility index (Phi) is 10.3. The van der Waals surface area contributed by atoms with Crippen molar-refractivity contribution in [2.75, 3.05) is 0 Å². The van der Waals surface area contributed by atoms with E-state index in [1.807, 2.05) is 12.5 Å². The molecular weight excluding hydrogens is 244 g/mol. The lowest BCUT2D eigenvalue weighted by atomic mass is 9.91. The van der Waals surface area contributed by atoms with E-state index in [-0.39, 0.29) is 0 Å². The zero-order chi connectivity index (χ0) is 14.5. The Morgan fingerprint density at radius 1 is 0.850 bits per heavy atom. The number of hydrogen-bond donors (Lipinski definition) is 0. The summed E-state index contributed by atoms with van der Waals surface area (Å²) in [5.74, 6) is 0.922. The van der Waals surface area contributed by atoms with E-state index in [0.29, 0.717) is 0 Å². The summed E-state index contributed by atoms with van der Waals surface area (Å²) in [5, 5.41) is 0. The molecule has 0 fully saturated rings. The molecule has 0 amide bonds. The molecule has 0 aliphatic heterocycles. The number of unbranched alkanes of at least 4 members (excludes halogenated alkanes) is 6. The molecule has 0 atom stereocenters. The van der Waals surface area contributed by atoms with Crippen LogP contribution in [0.5, 0.6) is 0 Å². The molecule has 2 heteroatoms. The molecule has 20 heavy (non-hydrogen) atoms. The smallest absolute Gasteiger partial charge is 0.0945 e. The van der Waals surface area contributed by atoms with Gasteiger partial charge in [0.05, 0.1) is 6.33 Å². The topological polar surface area (TPSA) is 17.8 Å². The van der Waals surface area contributed by atoms with E-state index in [1.54, 1.807) is 0 Å². The van der Waals surface area contributed by atoms with Crippen molar-refractivity contribution in [2.24, 2.45) is 5.92 Å². The van der Waals surface area contributed by atoms with Crippen LogP contribution in [0.3, 0.4) is 0 Å². The number of hydrogen-bond acceptors (Lipinski definition) is 1. The summed E-state index contributed by atoms with van der Waals surface area (Å²) in [7, 11) is 0. The van der Waals surface area contributed by atoms with E-state index in [2.05, 4.69) is 29.6 Å². The van der Waals surface area contributed by atoms with Crippen molar-refractivity contribution in [3.8, 4) is 0 Å². The van der Waals surface area contributed by atoms with Gasteiger partial charge < -0.3 is 4.57 Å². The third kappa shape index (κ3) is 8.39. The summed E-state index contributed by atoms with van der Waals surface area (Å²) in [6.45, 7) is 5.73. The molecule has 0 unspecified atom stereocenters. The lowest BCUT2D eigenvalue weighted by Gasteiger charge is -2.17. The quantitative estimate of drug-likeness (QED) is 0.415. The van der Waals surface area contributed by atoms with Gasteiger partial charge in [0, 0.05) is 18.9 Å². The Morgan fingerprint density at radius 3 is 2.00 bits per heavy atom. The van der Waals surface area contributed by atoms with Gasteiger partial charge in [0.15, 0.2) is 0 Å². The van der Waals surface area contributed by atoms with Crippen molar-refractivity contribution in [1.82, 2.24) is 9.55 Å². The maximum atomic E-state index is 4.14. The van der Waals surface area contributed by atoms with Gasteiger partial charge in [-0.2, -0.15) is 0 Å². The molecule has 0 aliphatic rings. The molecule has 0 bridgehead atoms. The Morgan fingerprint density at radius 2 is 1.50 bits per heavy atom. The van der Waals surface area contributed by atoms with Crippen LogP contribution >= 0.6 is 0 Å². The van der Waals surface area contributed by atoms with E-state index in [0.717, 1.165) is 12.5 Å². The molecule has 0 aliphatic carbocycles. The van der Waals surface area contributed by atoms with Crippen molar-refractivity contribution in [2.45, 2.75) is 91.0 Å². The average Bonchev–Trinajstić information content (AvgIpc) is 2.97. The van der Waals surface area contributed by atoms with Gasteiger partial charge in [-0.1, -0.05) is 78.1 Å². The molecule has 1 aromatic rings. The normalized spacial score (nSPS) is 11.3. The first-order chi connectivity index (χ1) is 9.86. The minimum atomic E-state index is 0.922. The van der Waals surface area contributed by atoms with Crippen LogP contribution in [0.25, 0.3) is 0 Å². The van der Waals surface area contributed by atoms with Crippen molar-refractivity contribution >= 4 is 0 Å². The minimum absolute atomic E-state index is 0.922. The minimum Gasteiger partial charge on any atom is -0.337 e. The standard InChI is InChI=1S/C18H34N2/c1-3-5-7-9-11-18(12-10-8-6-4-2)13-15-20-16-14-19-17-20/h14,16-18H,3-13,15H2,1-2H3. The van der Waals surface area contributed by atoms with Crippen LogP contribution in [-0.4, -0.2) is 9.55 Å². The molecule has 116 valence electrons. The first kappa shape index (κ1) is 17.3. The second-order valence-corrected chi connectivity index (χ2v) is 6.15. The predicted molar refractivity (Wildman–Crippen MR) is 87.9 cm³/mol. The lowest BCUT2D eigenvalue weighted by molar-refractivity contribution is 0.363. The molecule has 0 saturated carbocycles. The van der Waals surface area contributed by atoms with Crippen LogP contribution in [0.2, 0.25) is 0 Å². The van der Waals surface area contributed by atoms with E-state index in [9.17, 15) is 0 Å². The Balaban J connectivity index is 2.21. The molecule has 0 spiro atoms. The van der Waals surface area contributed by atoms with Gasteiger partial charge in [0.25, 0.3) is 0 Å². The van der Waals surface area contributed by atoms with E-state index in [4.69, 9.17) is 0 Å². The summed E-state index contributed by atoms with van der Waals surface area (Å²) >= 11 is 0. The largest absolute Gasteiger partial charge is 0.337 e. The molecule has 0 saturated heterocycles. The monoisotopic (exact) mass is 278 g/mol. The van der Waals surface area contributed by atoms with Gasteiger partial charge in [-0.05, 0) is 12.3 Å².